The van der Waals surface area contributed by atoms with Crippen molar-refractivity contribution >= 4 is 0 Å². The minimum atomic E-state index is -2.68. The van der Waals surface area contributed by atoms with Crippen LogP contribution in [0, 0.1) is 18.3 Å². The van der Waals surface area contributed by atoms with E-state index in [0.717, 1.165) is 0 Å². The highest BCUT2D eigenvalue weighted by atomic mass is 19.3. The van der Waals surface area contributed by atoms with Crippen LogP contribution in [0.3, 0.4) is 0 Å². The lowest BCUT2D eigenvalue weighted by atomic mass is 10.1. The number of rotatable bonds is 2. The molecule has 0 atom stereocenters. The van der Waals surface area contributed by atoms with Crippen LogP contribution in [0.1, 0.15) is 28.9 Å². The summed E-state index contributed by atoms with van der Waals surface area (Å²) >= 11 is 0. The second kappa shape index (κ2) is 4.11. The van der Waals surface area contributed by atoms with Gasteiger partial charge in [-0.25, -0.2) is 13.8 Å². The van der Waals surface area contributed by atoms with Crippen molar-refractivity contribution in [1.82, 2.24) is 4.98 Å². The molecule has 1 aromatic heterocycles. The summed E-state index contributed by atoms with van der Waals surface area (Å²) in [6.45, 7) is 0.874. The van der Waals surface area contributed by atoms with Gasteiger partial charge in [-0.1, -0.05) is 0 Å². The molecule has 0 radical (unpaired) electrons. The smallest absolute Gasteiger partial charge is 0.265 e. The normalized spacial score (nSPS) is 10.3. The molecule has 1 rings (SSSR count). The highest BCUT2D eigenvalue weighted by Crippen LogP contribution is 2.25. The fourth-order valence-corrected chi connectivity index (χ4v) is 1.22. The van der Waals surface area contributed by atoms with E-state index in [-0.39, 0.29) is 22.5 Å². The van der Waals surface area contributed by atoms with Crippen molar-refractivity contribution in [3.63, 3.8) is 0 Å². The molecule has 1 N–H and O–H groups in total. The molecule has 0 amide bonds. The minimum Gasteiger partial charge on any atom is -0.390 e. The van der Waals surface area contributed by atoms with Crippen molar-refractivity contribution in [2.24, 2.45) is 0 Å². The number of halogens is 2. The monoisotopic (exact) mass is 198 g/mol. The summed E-state index contributed by atoms with van der Waals surface area (Å²) in [5.41, 5.74) is -0.102. The Morgan fingerprint density at radius 1 is 1.64 bits per heavy atom. The first kappa shape index (κ1) is 10.5. The average Bonchev–Trinajstić information content (AvgIpc) is 2.15. The van der Waals surface area contributed by atoms with Crippen LogP contribution in [0.15, 0.2) is 6.07 Å². The summed E-state index contributed by atoms with van der Waals surface area (Å²) in [6, 6.07) is 3.02. The molecule has 1 aromatic rings. The number of aryl methyl sites for hydroxylation is 1. The molecule has 3 nitrogen and oxygen atoms in total. The Bertz CT molecular complexity index is 385. The van der Waals surface area contributed by atoms with Crippen LogP contribution in [-0.2, 0) is 6.61 Å². The predicted molar refractivity (Wildman–Crippen MR) is 44.6 cm³/mol. The molecule has 14 heavy (non-hydrogen) atoms. The fraction of sp³-hybridized carbons (Fsp3) is 0.333. The summed E-state index contributed by atoms with van der Waals surface area (Å²) in [5.74, 6) is 0. The van der Waals surface area contributed by atoms with Gasteiger partial charge in [-0.15, -0.1) is 0 Å². The number of nitriles is 1. The zero-order valence-electron chi connectivity index (χ0n) is 7.46. The molecule has 0 fully saturated rings. The van der Waals surface area contributed by atoms with Gasteiger partial charge in [0.05, 0.1) is 12.3 Å². The third-order valence-corrected chi connectivity index (χ3v) is 1.83. The van der Waals surface area contributed by atoms with Crippen LogP contribution in [0.5, 0.6) is 0 Å². The quantitative estimate of drug-likeness (QED) is 0.786. The summed E-state index contributed by atoms with van der Waals surface area (Å²) in [5, 5.41) is 17.3. The molecule has 1 heterocycles. The third-order valence-electron chi connectivity index (χ3n) is 1.83. The van der Waals surface area contributed by atoms with Crippen molar-refractivity contribution in [3.8, 4) is 6.07 Å². The van der Waals surface area contributed by atoms with Crippen LogP contribution in [0.2, 0.25) is 0 Å². The second-order valence-electron chi connectivity index (χ2n) is 2.76. The van der Waals surface area contributed by atoms with Crippen LogP contribution < -0.4 is 0 Å². The number of hydrogen-bond acceptors (Lipinski definition) is 3. The molecule has 0 aliphatic rings. The zero-order valence-corrected chi connectivity index (χ0v) is 7.46. The highest BCUT2D eigenvalue weighted by molar-refractivity contribution is 5.36. The lowest BCUT2D eigenvalue weighted by molar-refractivity contribution is 0.145. The van der Waals surface area contributed by atoms with E-state index in [1.54, 1.807) is 6.07 Å². The molecule has 0 spiro atoms. The Morgan fingerprint density at radius 3 is 2.71 bits per heavy atom. The molecule has 0 saturated heterocycles. The predicted octanol–water partition coefficient (Wildman–Crippen LogP) is 1.69. The number of nitrogens with zero attached hydrogens (tertiary/aromatic N) is 2. The fourth-order valence-electron chi connectivity index (χ4n) is 1.22. The van der Waals surface area contributed by atoms with Gasteiger partial charge < -0.3 is 5.11 Å². The van der Waals surface area contributed by atoms with Gasteiger partial charge in [-0.2, -0.15) is 5.26 Å². The first-order valence-corrected chi connectivity index (χ1v) is 3.89. The van der Waals surface area contributed by atoms with Gasteiger partial charge in [0, 0.05) is 5.56 Å². The first-order chi connectivity index (χ1) is 6.60. The minimum absolute atomic E-state index is 0.0379. The van der Waals surface area contributed by atoms with Crippen molar-refractivity contribution in [2.75, 3.05) is 0 Å². The van der Waals surface area contributed by atoms with E-state index < -0.39 is 13.0 Å². The zero-order chi connectivity index (χ0) is 10.7. The van der Waals surface area contributed by atoms with Crippen molar-refractivity contribution in [3.05, 3.63) is 28.6 Å². The second-order valence-corrected chi connectivity index (χ2v) is 2.76. The summed E-state index contributed by atoms with van der Waals surface area (Å²) in [4.78, 5) is 3.60. The van der Waals surface area contributed by atoms with Crippen LogP contribution >= 0.6 is 0 Å². The molecule has 0 bridgehead atoms. The van der Waals surface area contributed by atoms with Gasteiger partial charge in [0.15, 0.2) is 0 Å². The Balaban J connectivity index is 3.36. The largest absolute Gasteiger partial charge is 0.390 e. The Kier molecular flexibility index (Phi) is 3.10. The van der Waals surface area contributed by atoms with E-state index in [9.17, 15) is 8.78 Å². The first-order valence-electron chi connectivity index (χ1n) is 3.89. The summed E-state index contributed by atoms with van der Waals surface area (Å²) < 4.78 is 25.0. The lowest BCUT2D eigenvalue weighted by Crippen LogP contribution is -2.03. The summed E-state index contributed by atoms with van der Waals surface area (Å²) in [6.07, 6.45) is -2.68. The topological polar surface area (TPSA) is 56.9 Å². The van der Waals surface area contributed by atoms with Gasteiger partial charge in [-0.05, 0) is 18.6 Å². The van der Waals surface area contributed by atoms with Gasteiger partial charge >= 0.3 is 0 Å². The van der Waals surface area contributed by atoms with Crippen molar-refractivity contribution in [1.29, 1.82) is 5.26 Å². The number of alkyl halides is 2. The number of aliphatic hydroxyl groups excluding tert-OH is 1. The third kappa shape index (κ3) is 1.86. The molecule has 0 aromatic carbocycles. The van der Waals surface area contributed by atoms with Gasteiger partial charge in [-0.3, -0.25) is 0 Å². The molecule has 5 heteroatoms. The van der Waals surface area contributed by atoms with E-state index in [0.29, 0.717) is 0 Å². The van der Waals surface area contributed by atoms with Crippen LogP contribution in [-0.4, -0.2) is 10.1 Å². The van der Waals surface area contributed by atoms with Gasteiger partial charge in [0.25, 0.3) is 6.43 Å². The number of aromatic nitrogens is 1. The number of aliphatic hydroxyl groups is 1. The van der Waals surface area contributed by atoms with E-state index in [1.165, 1.54) is 13.0 Å². The van der Waals surface area contributed by atoms with Crippen LogP contribution in [0.25, 0.3) is 0 Å². The Hall–Kier alpha value is -1.54. The summed E-state index contributed by atoms with van der Waals surface area (Å²) in [7, 11) is 0. The van der Waals surface area contributed by atoms with Gasteiger partial charge in [0.2, 0.25) is 0 Å². The molecular weight excluding hydrogens is 190 g/mol. The molecule has 74 valence electrons. The SMILES string of the molecule is Cc1cc(C#N)nc(CO)c1C(F)F. The van der Waals surface area contributed by atoms with Crippen molar-refractivity contribution in [2.45, 2.75) is 20.0 Å². The molecular formula is C9H8F2N2O. The van der Waals surface area contributed by atoms with E-state index >= 15 is 0 Å². The average molecular weight is 198 g/mol. The molecule has 0 saturated carbocycles. The maximum atomic E-state index is 12.5. The maximum Gasteiger partial charge on any atom is 0.265 e. The number of hydrogen-bond donors (Lipinski definition) is 1. The van der Waals surface area contributed by atoms with E-state index in [4.69, 9.17) is 10.4 Å². The number of pyridine rings is 1. The molecule has 0 aliphatic heterocycles. The molecule has 0 unspecified atom stereocenters. The van der Waals surface area contributed by atoms with Crippen LogP contribution in [0.4, 0.5) is 8.78 Å². The van der Waals surface area contributed by atoms with Gasteiger partial charge in [0.1, 0.15) is 11.8 Å². The molecule has 0 aliphatic carbocycles. The Morgan fingerprint density at radius 2 is 2.29 bits per heavy atom. The standard InChI is InChI=1S/C9H8F2N2O/c1-5-2-6(3-12)13-7(4-14)8(5)9(10)11/h2,9,14H,4H2,1H3. The highest BCUT2D eigenvalue weighted by Gasteiger charge is 2.17. The lowest BCUT2D eigenvalue weighted by Gasteiger charge is -2.09. The van der Waals surface area contributed by atoms with E-state index in [1.807, 2.05) is 0 Å². The van der Waals surface area contributed by atoms with Crippen molar-refractivity contribution < 1.29 is 13.9 Å². The van der Waals surface area contributed by atoms with E-state index in [2.05, 4.69) is 4.98 Å². The Labute approximate surface area is 79.6 Å². The maximum absolute atomic E-state index is 12.5.